The molecule has 1 amide bonds. The molecule has 0 spiro atoms. The number of aromatic nitrogens is 4. The number of piperidine rings is 1. The zero-order valence-electron chi connectivity index (χ0n) is 15.6. The lowest BCUT2D eigenvalue weighted by molar-refractivity contribution is -0.177. The van der Waals surface area contributed by atoms with Crippen molar-refractivity contribution in [1.82, 2.24) is 20.4 Å². The first-order valence-corrected chi connectivity index (χ1v) is 9.26. The zero-order chi connectivity index (χ0) is 22.6. The Labute approximate surface area is 170 Å². The summed E-state index contributed by atoms with van der Waals surface area (Å²) < 4.78 is 78.6. The first-order chi connectivity index (χ1) is 14.5. The summed E-state index contributed by atoms with van der Waals surface area (Å²) >= 11 is 0. The molecule has 2 atom stereocenters. The summed E-state index contributed by atoms with van der Waals surface area (Å²) in [6, 6.07) is 2.01. The van der Waals surface area contributed by atoms with Crippen LogP contribution in [0.15, 0.2) is 12.1 Å². The molecule has 2 aliphatic rings. The fraction of sp³-hybridized carbons (Fsp3) is 0.529. The van der Waals surface area contributed by atoms with E-state index in [2.05, 4.69) is 25.7 Å². The average molecular weight is 450 g/mol. The van der Waals surface area contributed by atoms with E-state index in [0.717, 1.165) is 6.07 Å². The van der Waals surface area contributed by atoms with Gasteiger partial charge in [-0.15, -0.1) is 10.2 Å². The van der Waals surface area contributed by atoms with Gasteiger partial charge < -0.3 is 15.3 Å². The Hall–Kier alpha value is -2.90. The molecular formula is C17H16F6N6O2. The molecule has 2 aromatic heterocycles. The summed E-state index contributed by atoms with van der Waals surface area (Å²) in [5, 5.41) is 25.2. The highest BCUT2D eigenvalue weighted by molar-refractivity contribution is 5.97. The van der Waals surface area contributed by atoms with Crippen LogP contribution in [0.4, 0.5) is 38.0 Å². The number of hydrogen-bond acceptors (Lipinski definition) is 6. The van der Waals surface area contributed by atoms with Crippen molar-refractivity contribution in [1.29, 1.82) is 0 Å². The summed E-state index contributed by atoms with van der Waals surface area (Å²) in [7, 11) is 0. The number of halogens is 6. The summed E-state index contributed by atoms with van der Waals surface area (Å²) in [6.07, 6.45) is -11.1. The third-order valence-corrected chi connectivity index (χ3v) is 5.48. The van der Waals surface area contributed by atoms with Crippen LogP contribution in [0.25, 0.3) is 0 Å². The maximum atomic E-state index is 13.6. The Morgan fingerprint density at radius 3 is 2.29 bits per heavy atom. The van der Waals surface area contributed by atoms with Crippen LogP contribution in [-0.4, -0.2) is 56.8 Å². The van der Waals surface area contributed by atoms with Crippen LogP contribution in [-0.2, 0) is 11.0 Å². The maximum absolute atomic E-state index is 13.6. The Morgan fingerprint density at radius 2 is 1.74 bits per heavy atom. The third kappa shape index (κ3) is 3.91. The van der Waals surface area contributed by atoms with Gasteiger partial charge in [-0.05, 0) is 25.0 Å². The molecule has 0 bridgehead atoms. The number of carbonyl (C=O) groups is 1. The summed E-state index contributed by atoms with van der Waals surface area (Å²) in [5.41, 5.74) is -1.30. The van der Waals surface area contributed by atoms with E-state index in [4.69, 9.17) is 0 Å². The van der Waals surface area contributed by atoms with E-state index >= 15 is 0 Å². The number of aromatic amines is 1. The van der Waals surface area contributed by atoms with Gasteiger partial charge in [0.2, 0.25) is 0 Å². The minimum atomic E-state index is -4.86. The molecule has 8 nitrogen and oxygen atoms in total. The van der Waals surface area contributed by atoms with Crippen molar-refractivity contribution in [2.24, 2.45) is 0 Å². The standard InChI is InChI=1S/C17H16F6N6O2/c18-16(19,20)8-1-2-9(26-25-8)29-5-3-7(4-6-29)12-10-11(17(21,22)23)13(30)15(31)24-14(10)28-27-12/h1-2,7,11,13,30H,3-6H2,(H2,24,27,28,31). The van der Waals surface area contributed by atoms with Gasteiger partial charge in [0.25, 0.3) is 5.91 Å². The second-order valence-electron chi connectivity index (χ2n) is 7.39. The Balaban J connectivity index is 1.52. The number of hydrogen-bond donors (Lipinski definition) is 3. The number of aliphatic hydroxyl groups is 1. The second-order valence-corrected chi connectivity index (χ2v) is 7.39. The lowest BCUT2D eigenvalue weighted by Crippen LogP contribution is -2.44. The van der Waals surface area contributed by atoms with E-state index in [1.165, 1.54) is 6.07 Å². The average Bonchev–Trinajstić information content (AvgIpc) is 3.10. The number of H-pyrrole nitrogens is 1. The number of fused-ring (bicyclic) bond motifs is 1. The van der Waals surface area contributed by atoms with Crippen LogP contribution in [0.2, 0.25) is 0 Å². The highest BCUT2D eigenvalue weighted by atomic mass is 19.4. The highest BCUT2D eigenvalue weighted by Crippen LogP contribution is 2.47. The summed E-state index contributed by atoms with van der Waals surface area (Å²) in [6.45, 7) is 0.607. The van der Waals surface area contributed by atoms with E-state index in [1.807, 2.05) is 0 Å². The number of rotatable bonds is 2. The monoisotopic (exact) mass is 450 g/mol. The molecule has 1 fully saturated rings. The Kier molecular flexibility index (Phi) is 5.06. The van der Waals surface area contributed by atoms with Gasteiger partial charge in [0, 0.05) is 24.6 Å². The molecule has 4 heterocycles. The molecule has 2 aromatic rings. The van der Waals surface area contributed by atoms with Crippen molar-refractivity contribution in [3.8, 4) is 0 Å². The van der Waals surface area contributed by atoms with E-state index in [1.54, 1.807) is 4.90 Å². The largest absolute Gasteiger partial charge is 0.435 e. The number of nitrogens with zero attached hydrogens (tertiary/aromatic N) is 4. The molecule has 0 radical (unpaired) electrons. The van der Waals surface area contributed by atoms with Gasteiger partial charge in [-0.25, -0.2) is 0 Å². The van der Waals surface area contributed by atoms with Crippen LogP contribution < -0.4 is 10.2 Å². The van der Waals surface area contributed by atoms with Gasteiger partial charge in [-0.1, -0.05) is 0 Å². The van der Waals surface area contributed by atoms with Gasteiger partial charge in [0.15, 0.2) is 11.5 Å². The molecule has 3 N–H and O–H groups in total. The fourth-order valence-electron chi connectivity index (χ4n) is 3.96. The lowest BCUT2D eigenvalue weighted by atomic mass is 9.83. The molecular weight excluding hydrogens is 434 g/mol. The van der Waals surface area contributed by atoms with Crippen LogP contribution in [0.1, 0.15) is 41.6 Å². The smallest absolute Gasteiger partial charge is 0.382 e. The first kappa shape index (κ1) is 21.3. The normalized spacial score (nSPS) is 22.9. The zero-order valence-corrected chi connectivity index (χ0v) is 15.6. The Bertz CT molecular complexity index is 965. The van der Waals surface area contributed by atoms with Gasteiger partial charge in [-0.2, -0.15) is 31.4 Å². The molecule has 0 saturated carbocycles. The minimum absolute atomic E-state index is 0.106. The number of alkyl halides is 6. The number of nitrogens with one attached hydrogen (secondary N) is 2. The van der Waals surface area contributed by atoms with Crippen molar-refractivity contribution in [2.45, 2.75) is 43.1 Å². The van der Waals surface area contributed by atoms with Gasteiger partial charge in [-0.3, -0.25) is 9.89 Å². The maximum Gasteiger partial charge on any atom is 0.435 e. The first-order valence-electron chi connectivity index (χ1n) is 9.26. The molecule has 168 valence electrons. The van der Waals surface area contributed by atoms with Gasteiger partial charge in [0.1, 0.15) is 17.8 Å². The van der Waals surface area contributed by atoms with E-state index in [0.29, 0.717) is 25.9 Å². The molecule has 2 aliphatic heterocycles. The fourth-order valence-corrected chi connectivity index (χ4v) is 3.96. The summed E-state index contributed by atoms with van der Waals surface area (Å²) in [4.78, 5) is 13.4. The molecule has 1 saturated heterocycles. The predicted octanol–water partition coefficient (Wildman–Crippen LogP) is 2.56. The molecule has 31 heavy (non-hydrogen) atoms. The van der Waals surface area contributed by atoms with Crippen LogP contribution in [0, 0.1) is 0 Å². The molecule has 14 heteroatoms. The van der Waals surface area contributed by atoms with Crippen LogP contribution in [0.3, 0.4) is 0 Å². The second kappa shape index (κ2) is 7.35. The van der Waals surface area contributed by atoms with Crippen LogP contribution in [0.5, 0.6) is 0 Å². The van der Waals surface area contributed by atoms with Gasteiger partial charge >= 0.3 is 12.4 Å². The number of aliphatic hydroxyl groups excluding tert-OH is 1. The summed E-state index contributed by atoms with van der Waals surface area (Å²) in [5.74, 6) is -3.94. The molecule has 4 rings (SSSR count). The highest BCUT2D eigenvalue weighted by Gasteiger charge is 2.53. The van der Waals surface area contributed by atoms with E-state index < -0.39 is 41.9 Å². The molecule has 0 aromatic carbocycles. The Morgan fingerprint density at radius 1 is 1.06 bits per heavy atom. The molecule has 0 aliphatic carbocycles. The molecule has 2 unspecified atom stereocenters. The van der Waals surface area contributed by atoms with Crippen LogP contribution >= 0.6 is 0 Å². The van der Waals surface area contributed by atoms with Gasteiger partial charge in [0.05, 0.1) is 5.69 Å². The lowest BCUT2D eigenvalue weighted by Gasteiger charge is -2.34. The minimum Gasteiger partial charge on any atom is -0.382 e. The quantitative estimate of drug-likeness (QED) is 0.608. The predicted molar refractivity (Wildman–Crippen MR) is 93.2 cm³/mol. The SMILES string of the molecule is O=C1Nc2[nH]nc(C3CCN(c4ccc(C(F)(F)F)nn4)CC3)c2C(C(F)(F)F)C1O. The van der Waals surface area contributed by atoms with E-state index in [9.17, 15) is 36.2 Å². The van der Waals surface area contributed by atoms with Crippen molar-refractivity contribution in [3.63, 3.8) is 0 Å². The number of amides is 1. The van der Waals surface area contributed by atoms with Crippen molar-refractivity contribution in [2.75, 3.05) is 23.3 Å². The van der Waals surface area contributed by atoms with Crippen molar-refractivity contribution in [3.05, 3.63) is 29.1 Å². The third-order valence-electron chi connectivity index (χ3n) is 5.48. The topological polar surface area (TPSA) is 107 Å². The van der Waals surface area contributed by atoms with E-state index in [-0.39, 0.29) is 22.9 Å². The van der Waals surface area contributed by atoms with Crippen molar-refractivity contribution >= 4 is 17.5 Å². The number of anilines is 2. The number of carbonyl (C=O) groups excluding carboxylic acids is 1. The van der Waals surface area contributed by atoms with Crippen molar-refractivity contribution < 1.29 is 36.2 Å².